The number of hydrogen-bond donors (Lipinski definition) is 2. The number of carbonyl (C=O) groups excluding carboxylic acids is 1. The molecule has 1 aromatic carbocycles. The van der Waals surface area contributed by atoms with Crippen molar-refractivity contribution in [2.45, 2.75) is 38.1 Å². The lowest BCUT2D eigenvalue weighted by molar-refractivity contribution is 0.100. The lowest BCUT2D eigenvalue weighted by Crippen LogP contribution is -2.35. The molecule has 5 heteroatoms. The summed E-state index contributed by atoms with van der Waals surface area (Å²) in [6.45, 7) is 0.842. The van der Waals surface area contributed by atoms with E-state index in [2.05, 4.69) is 4.90 Å². The molecule has 0 aromatic heterocycles. The molecular weight excluding hydrogens is 257 g/mol. The zero-order valence-electron chi connectivity index (χ0n) is 11.4. The Labute approximate surface area is 117 Å². The predicted octanol–water partition coefficient (Wildman–Crippen LogP) is 2.28. The minimum absolute atomic E-state index is 0.109. The number of anilines is 2. The standard InChI is InChI=1S/C15H20FN3O/c16-11-8-12(17)10(15(18)20)7-14(11)19-6-5-9-3-1-2-4-13(9)19/h7-9,13H,1-6,17H2,(H2,18,20). The molecule has 4 nitrogen and oxygen atoms in total. The summed E-state index contributed by atoms with van der Waals surface area (Å²) >= 11 is 0. The third-order valence-electron chi connectivity index (χ3n) is 4.70. The maximum absolute atomic E-state index is 14.2. The molecule has 1 aromatic rings. The van der Waals surface area contributed by atoms with Crippen LogP contribution in [-0.2, 0) is 0 Å². The van der Waals surface area contributed by atoms with E-state index in [0.717, 1.165) is 19.4 Å². The highest BCUT2D eigenvalue weighted by molar-refractivity contribution is 5.99. The Balaban J connectivity index is 1.97. The number of hydrogen-bond acceptors (Lipinski definition) is 3. The highest BCUT2D eigenvalue weighted by Gasteiger charge is 2.37. The van der Waals surface area contributed by atoms with E-state index >= 15 is 0 Å². The molecule has 0 bridgehead atoms. The summed E-state index contributed by atoms with van der Waals surface area (Å²) in [5.74, 6) is -0.320. The van der Waals surface area contributed by atoms with E-state index in [1.165, 1.54) is 31.4 Å². The van der Waals surface area contributed by atoms with Gasteiger partial charge in [0.2, 0.25) is 0 Å². The number of primary amides is 1. The molecule has 1 aliphatic heterocycles. The van der Waals surface area contributed by atoms with Gasteiger partial charge in [-0.25, -0.2) is 4.39 Å². The van der Waals surface area contributed by atoms with Gasteiger partial charge in [-0.15, -0.1) is 0 Å². The Kier molecular flexibility index (Phi) is 3.28. The van der Waals surface area contributed by atoms with Crippen molar-refractivity contribution in [2.75, 3.05) is 17.2 Å². The quantitative estimate of drug-likeness (QED) is 0.815. The first-order chi connectivity index (χ1) is 9.58. The number of nitrogens with zero attached hydrogens (tertiary/aromatic N) is 1. The first-order valence-electron chi connectivity index (χ1n) is 7.23. The van der Waals surface area contributed by atoms with Gasteiger partial charge in [0, 0.05) is 18.3 Å². The molecule has 2 unspecified atom stereocenters. The van der Waals surface area contributed by atoms with Gasteiger partial charge in [-0.1, -0.05) is 12.8 Å². The first-order valence-corrected chi connectivity index (χ1v) is 7.23. The van der Waals surface area contributed by atoms with Crippen molar-refractivity contribution in [3.05, 3.63) is 23.5 Å². The average molecular weight is 277 g/mol. The molecule has 2 fully saturated rings. The van der Waals surface area contributed by atoms with Gasteiger partial charge in [0.05, 0.1) is 11.3 Å². The summed E-state index contributed by atoms with van der Waals surface area (Å²) < 4.78 is 14.2. The van der Waals surface area contributed by atoms with Gasteiger partial charge in [-0.2, -0.15) is 0 Å². The van der Waals surface area contributed by atoms with Crippen LogP contribution in [0.4, 0.5) is 15.8 Å². The van der Waals surface area contributed by atoms with Crippen molar-refractivity contribution >= 4 is 17.3 Å². The molecule has 108 valence electrons. The van der Waals surface area contributed by atoms with Gasteiger partial charge in [0.1, 0.15) is 5.82 Å². The highest BCUT2D eigenvalue weighted by atomic mass is 19.1. The monoisotopic (exact) mass is 277 g/mol. The van der Waals surface area contributed by atoms with Crippen LogP contribution in [0.1, 0.15) is 42.5 Å². The molecule has 1 saturated carbocycles. The van der Waals surface area contributed by atoms with E-state index in [1.807, 2.05) is 0 Å². The lowest BCUT2D eigenvalue weighted by atomic mass is 9.85. The van der Waals surface area contributed by atoms with Crippen molar-refractivity contribution in [1.29, 1.82) is 0 Å². The summed E-state index contributed by atoms with van der Waals surface area (Å²) in [5.41, 5.74) is 11.8. The lowest BCUT2D eigenvalue weighted by Gasteiger charge is -2.33. The third-order valence-corrected chi connectivity index (χ3v) is 4.70. The van der Waals surface area contributed by atoms with Gasteiger partial charge in [-0.3, -0.25) is 4.79 Å². The smallest absolute Gasteiger partial charge is 0.250 e. The van der Waals surface area contributed by atoms with Gasteiger partial charge in [0.25, 0.3) is 5.91 Å². The second kappa shape index (κ2) is 4.96. The van der Waals surface area contributed by atoms with Gasteiger partial charge >= 0.3 is 0 Å². The van der Waals surface area contributed by atoms with Crippen molar-refractivity contribution < 1.29 is 9.18 Å². The SMILES string of the molecule is NC(=O)c1cc(N2CCC3CCCCC32)c(F)cc1N. The van der Waals surface area contributed by atoms with Crippen molar-refractivity contribution in [3.8, 4) is 0 Å². The van der Waals surface area contributed by atoms with Crippen LogP contribution in [0.15, 0.2) is 12.1 Å². The zero-order chi connectivity index (χ0) is 14.3. The van der Waals surface area contributed by atoms with Crippen molar-refractivity contribution in [3.63, 3.8) is 0 Å². The minimum Gasteiger partial charge on any atom is -0.398 e. The molecule has 4 N–H and O–H groups in total. The molecule has 20 heavy (non-hydrogen) atoms. The Morgan fingerprint density at radius 1 is 1.25 bits per heavy atom. The average Bonchev–Trinajstić information content (AvgIpc) is 2.82. The van der Waals surface area contributed by atoms with Crippen LogP contribution in [0.2, 0.25) is 0 Å². The third kappa shape index (κ3) is 2.11. The van der Waals surface area contributed by atoms with E-state index in [1.54, 1.807) is 0 Å². The number of rotatable bonds is 2. The largest absolute Gasteiger partial charge is 0.398 e. The predicted molar refractivity (Wildman–Crippen MR) is 77.0 cm³/mol. The van der Waals surface area contributed by atoms with E-state index in [0.29, 0.717) is 17.6 Å². The fraction of sp³-hybridized carbons (Fsp3) is 0.533. The van der Waals surface area contributed by atoms with E-state index < -0.39 is 5.91 Å². The van der Waals surface area contributed by atoms with E-state index in [9.17, 15) is 9.18 Å². The van der Waals surface area contributed by atoms with Crippen LogP contribution in [-0.4, -0.2) is 18.5 Å². The van der Waals surface area contributed by atoms with Crippen LogP contribution in [0.3, 0.4) is 0 Å². The number of amides is 1. The Bertz CT molecular complexity index is 546. The number of nitrogens with two attached hydrogens (primary N) is 2. The highest BCUT2D eigenvalue weighted by Crippen LogP contribution is 2.40. The van der Waals surface area contributed by atoms with Crippen molar-refractivity contribution in [2.24, 2.45) is 11.7 Å². The Morgan fingerprint density at radius 2 is 2.00 bits per heavy atom. The van der Waals surface area contributed by atoms with E-state index in [4.69, 9.17) is 11.5 Å². The maximum Gasteiger partial charge on any atom is 0.250 e. The topological polar surface area (TPSA) is 72.4 Å². The summed E-state index contributed by atoms with van der Waals surface area (Å²) in [4.78, 5) is 13.5. The second-order valence-electron chi connectivity index (χ2n) is 5.85. The van der Waals surface area contributed by atoms with Gasteiger partial charge < -0.3 is 16.4 Å². The Hall–Kier alpha value is -1.78. The number of fused-ring (bicyclic) bond motifs is 1. The molecule has 3 rings (SSSR count). The summed E-state index contributed by atoms with van der Waals surface area (Å²) in [7, 11) is 0. The molecule has 1 amide bonds. The molecular formula is C15H20FN3O. The van der Waals surface area contributed by atoms with Crippen LogP contribution in [0, 0.1) is 11.7 Å². The Morgan fingerprint density at radius 3 is 2.75 bits per heavy atom. The maximum atomic E-state index is 14.2. The van der Waals surface area contributed by atoms with E-state index in [-0.39, 0.29) is 17.1 Å². The minimum atomic E-state index is -0.608. The number of halogens is 1. The summed E-state index contributed by atoms with van der Waals surface area (Å²) in [5, 5.41) is 0. The normalized spacial score (nSPS) is 25.6. The molecule has 1 aliphatic carbocycles. The number of nitrogen functional groups attached to an aromatic ring is 1. The zero-order valence-corrected chi connectivity index (χ0v) is 11.4. The van der Waals surface area contributed by atoms with Crippen LogP contribution >= 0.6 is 0 Å². The fourth-order valence-electron chi connectivity index (χ4n) is 3.72. The summed E-state index contributed by atoms with van der Waals surface area (Å²) in [6.07, 6.45) is 5.88. The van der Waals surface area contributed by atoms with Crippen LogP contribution < -0.4 is 16.4 Å². The van der Waals surface area contributed by atoms with Crippen molar-refractivity contribution in [1.82, 2.24) is 0 Å². The first kappa shape index (κ1) is 13.2. The number of carbonyl (C=O) groups is 1. The molecule has 1 saturated heterocycles. The molecule has 0 spiro atoms. The molecule has 1 heterocycles. The van der Waals surface area contributed by atoms with Crippen LogP contribution in [0.5, 0.6) is 0 Å². The molecule has 2 aliphatic rings. The fourth-order valence-corrected chi connectivity index (χ4v) is 3.72. The molecule has 0 radical (unpaired) electrons. The van der Waals surface area contributed by atoms with Gasteiger partial charge in [0.15, 0.2) is 0 Å². The summed E-state index contributed by atoms with van der Waals surface area (Å²) in [6, 6.07) is 3.12. The second-order valence-corrected chi connectivity index (χ2v) is 5.85. The molecule has 2 atom stereocenters. The van der Waals surface area contributed by atoms with Gasteiger partial charge in [-0.05, 0) is 37.3 Å². The number of benzene rings is 1. The van der Waals surface area contributed by atoms with Crippen LogP contribution in [0.25, 0.3) is 0 Å².